The van der Waals surface area contributed by atoms with E-state index in [-0.39, 0.29) is 35.9 Å². The lowest BCUT2D eigenvalue weighted by atomic mass is 10.0. The van der Waals surface area contributed by atoms with Gasteiger partial charge in [0.1, 0.15) is 11.8 Å². The summed E-state index contributed by atoms with van der Waals surface area (Å²) in [7, 11) is 1.67. The third-order valence-electron chi connectivity index (χ3n) is 12.3. The third-order valence-corrected chi connectivity index (χ3v) is 12.3. The summed E-state index contributed by atoms with van der Waals surface area (Å²) in [5.74, 6) is 0.234. The first-order valence-corrected chi connectivity index (χ1v) is 20.6. The number of nitrogens with one attached hydrogen (secondary N) is 3. The zero-order chi connectivity index (χ0) is 40.3. The molecule has 1 unspecified atom stereocenters. The van der Waals surface area contributed by atoms with E-state index in [0.717, 1.165) is 94.1 Å². The van der Waals surface area contributed by atoms with Crippen molar-refractivity contribution in [3.8, 4) is 5.75 Å². The molecule has 16 heteroatoms. The number of amides is 4. The first-order chi connectivity index (χ1) is 28.2. The molecule has 4 fully saturated rings. The zero-order valence-corrected chi connectivity index (χ0v) is 33.4. The van der Waals surface area contributed by atoms with E-state index in [1.165, 1.54) is 0 Å². The van der Waals surface area contributed by atoms with Crippen LogP contribution in [-0.2, 0) is 33.8 Å². The summed E-state index contributed by atoms with van der Waals surface area (Å²) in [6, 6.07) is 12.1. The van der Waals surface area contributed by atoms with Crippen LogP contribution in [0.15, 0.2) is 36.4 Å². The highest BCUT2D eigenvalue weighted by atomic mass is 16.5. The van der Waals surface area contributed by atoms with Gasteiger partial charge in [0.25, 0.3) is 11.8 Å². The van der Waals surface area contributed by atoms with Gasteiger partial charge in [-0.25, -0.2) is 9.97 Å². The Morgan fingerprint density at radius 3 is 2.43 bits per heavy atom. The lowest BCUT2D eigenvalue weighted by Crippen LogP contribution is -2.53. The standard InChI is InChI=1S/C42H54N10O6/c1-3-32-39(44-28-12-20-58-21-13-28)48-40(37(46-32)38(43)54)45-29-5-7-33(35(23-29)57-2)51-14-10-30(11-15-51)50-18-16-49(17-19-50)24-26-4-6-31-27(22-26)25-52(42(31)56)34-8-9-36(53)47-41(34)55/h4-7,22-23,28,30,34H,3,8-21,24-25H2,1-2H3,(H2,43,54)(H2,44,45,48)(H,47,53,55). The number of rotatable bonds is 12. The molecule has 308 valence electrons. The van der Waals surface area contributed by atoms with Gasteiger partial charge in [-0.15, -0.1) is 0 Å². The summed E-state index contributed by atoms with van der Waals surface area (Å²) in [4.78, 5) is 68.2. The predicted molar refractivity (Wildman–Crippen MR) is 218 cm³/mol. The fourth-order valence-electron chi connectivity index (χ4n) is 9.02. The number of hydrogen-bond acceptors (Lipinski definition) is 13. The second-order valence-electron chi connectivity index (χ2n) is 15.9. The number of ether oxygens (including phenoxy) is 2. The SMILES string of the molecule is CCc1nc(C(N)=O)c(Nc2ccc(N3CCC(N4CCN(Cc5ccc6c(c5)CN(C5CCC(=O)NC5=O)C6=O)CC4)CC3)c(OC)c2)nc1NC1CCOCC1. The van der Waals surface area contributed by atoms with Crippen LogP contribution in [-0.4, -0.2) is 126 Å². The maximum Gasteiger partial charge on any atom is 0.271 e. The van der Waals surface area contributed by atoms with E-state index in [1.807, 2.05) is 31.2 Å². The van der Waals surface area contributed by atoms with Gasteiger partial charge < -0.3 is 35.6 Å². The van der Waals surface area contributed by atoms with Crippen molar-refractivity contribution in [2.24, 2.45) is 5.73 Å². The van der Waals surface area contributed by atoms with E-state index in [9.17, 15) is 19.2 Å². The number of fused-ring (bicyclic) bond motifs is 1. The van der Waals surface area contributed by atoms with Crippen molar-refractivity contribution in [1.29, 1.82) is 0 Å². The largest absolute Gasteiger partial charge is 0.495 e. The van der Waals surface area contributed by atoms with Crippen molar-refractivity contribution in [1.82, 2.24) is 30.0 Å². The Labute approximate surface area is 338 Å². The van der Waals surface area contributed by atoms with Crippen molar-refractivity contribution in [2.45, 2.75) is 83.1 Å². The van der Waals surface area contributed by atoms with Crippen LogP contribution in [0.25, 0.3) is 0 Å². The molecule has 6 heterocycles. The lowest BCUT2D eigenvalue weighted by Gasteiger charge is -2.43. The second-order valence-corrected chi connectivity index (χ2v) is 15.9. The van der Waals surface area contributed by atoms with Gasteiger partial charge in [-0.1, -0.05) is 19.1 Å². The molecule has 0 radical (unpaired) electrons. The van der Waals surface area contributed by atoms with Crippen LogP contribution in [0.4, 0.5) is 23.0 Å². The van der Waals surface area contributed by atoms with Crippen LogP contribution >= 0.6 is 0 Å². The molecule has 0 aliphatic carbocycles. The smallest absolute Gasteiger partial charge is 0.271 e. The van der Waals surface area contributed by atoms with Gasteiger partial charge in [-0.2, -0.15) is 0 Å². The van der Waals surface area contributed by atoms with E-state index < -0.39 is 11.9 Å². The Bertz CT molecular complexity index is 2040. The maximum atomic E-state index is 13.1. The highest BCUT2D eigenvalue weighted by Crippen LogP contribution is 2.36. The number of primary amides is 1. The number of aryl methyl sites for hydroxylation is 1. The van der Waals surface area contributed by atoms with Crippen LogP contribution in [0.1, 0.15) is 83.1 Å². The molecular formula is C42H54N10O6. The summed E-state index contributed by atoms with van der Waals surface area (Å²) >= 11 is 0. The summed E-state index contributed by atoms with van der Waals surface area (Å²) in [6.45, 7) is 10.3. The third kappa shape index (κ3) is 8.45. The van der Waals surface area contributed by atoms with Crippen LogP contribution in [0.5, 0.6) is 5.75 Å². The molecule has 8 rings (SSSR count). The first kappa shape index (κ1) is 39.5. The molecule has 58 heavy (non-hydrogen) atoms. The highest BCUT2D eigenvalue weighted by molar-refractivity contribution is 6.05. The topological polar surface area (TPSA) is 188 Å². The summed E-state index contributed by atoms with van der Waals surface area (Å²) < 4.78 is 11.4. The molecule has 4 saturated heterocycles. The Balaban J connectivity index is 0.842. The van der Waals surface area contributed by atoms with Crippen LogP contribution < -0.4 is 31.3 Å². The molecule has 16 nitrogen and oxygen atoms in total. The maximum absolute atomic E-state index is 13.1. The van der Waals surface area contributed by atoms with Crippen LogP contribution in [0, 0.1) is 0 Å². The summed E-state index contributed by atoms with van der Waals surface area (Å²) in [5, 5.41) is 9.19. The monoisotopic (exact) mass is 794 g/mol. The van der Waals surface area contributed by atoms with Gasteiger partial charge in [0, 0.05) is 101 Å². The van der Waals surface area contributed by atoms with Crippen molar-refractivity contribution in [2.75, 3.05) is 75.1 Å². The van der Waals surface area contributed by atoms with Crippen molar-refractivity contribution >= 4 is 46.6 Å². The number of nitrogens with two attached hydrogens (primary N) is 1. The minimum absolute atomic E-state index is 0.0985. The predicted octanol–water partition coefficient (Wildman–Crippen LogP) is 3.03. The highest BCUT2D eigenvalue weighted by Gasteiger charge is 2.39. The number of hydrogen-bond donors (Lipinski definition) is 4. The fourth-order valence-corrected chi connectivity index (χ4v) is 9.02. The van der Waals surface area contributed by atoms with Gasteiger partial charge in [0.15, 0.2) is 17.3 Å². The summed E-state index contributed by atoms with van der Waals surface area (Å²) in [6.07, 6.45) is 5.07. The molecule has 0 bridgehead atoms. The number of carbonyl (C=O) groups is 4. The van der Waals surface area contributed by atoms with Gasteiger partial charge in [0.2, 0.25) is 11.8 Å². The molecule has 3 aromatic rings. The van der Waals surface area contributed by atoms with Gasteiger partial charge in [0.05, 0.1) is 18.5 Å². The molecule has 2 aromatic carbocycles. The molecule has 0 saturated carbocycles. The van der Waals surface area contributed by atoms with E-state index in [2.05, 4.69) is 47.8 Å². The molecular weight excluding hydrogens is 741 g/mol. The number of piperidine rings is 2. The van der Waals surface area contributed by atoms with E-state index in [1.54, 1.807) is 12.0 Å². The lowest BCUT2D eigenvalue weighted by molar-refractivity contribution is -0.136. The van der Waals surface area contributed by atoms with Crippen LogP contribution in [0.3, 0.4) is 0 Å². The van der Waals surface area contributed by atoms with Gasteiger partial charge in [-0.3, -0.25) is 34.3 Å². The Morgan fingerprint density at radius 1 is 0.948 bits per heavy atom. The number of aromatic nitrogens is 2. The average molecular weight is 795 g/mol. The Kier molecular flexibility index (Phi) is 11.8. The zero-order valence-electron chi connectivity index (χ0n) is 33.4. The second kappa shape index (κ2) is 17.3. The van der Waals surface area contributed by atoms with Crippen LogP contribution in [0.2, 0.25) is 0 Å². The summed E-state index contributed by atoms with van der Waals surface area (Å²) in [5.41, 5.74) is 11.1. The number of carbonyl (C=O) groups excluding carboxylic acids is 4. The van der Waals surface area contributed by atoms with Crippen molar-refractivity contribution in [3.05, 3.63) is 64.5 Å². The number of benzene rings is 2. The molecule has 1 atom stereocenters. The normalized spacial score (nSPS) is 21.2. The molecule has 4 amide bonds. The van der Waals surface area contributed by atoms with Gasteiger partial charge >= 0.3 is 0 Å². The first-order valence-electron chi connectivity index (χ1n) is 20.6. The number of imide groups is 1. The molecule has 5 aliphatic heterocycles. The average Bonchev–Trinajstić information content (AvgIpc) is 3.56. The molecule has 5 N–H and O–H groups in total. The van der Waals surface area contributed by atoms with Crippen molar-refractivity contribution < 1.29 is 28.7 Å². The van der Waals surface area contributed by atoms with E-state index in [4.69, 9.17) is 20.2 Å². The minimum Gasteiger partial charge on any atom is -0.495 e. The Hall–Kier alpha value is -5.32. The number of methoxy groups -OCH3 is 1. The van der Waals surface area contributed by atoms with Crippen molar-refractivity contribution in [3.63, 3.8) is 0 Å². The van der Waals surface area contributed by atoms with E-state index in [0.29, 0.717) is 67.2 Å². The Morgan fingerprint density at radius 2 is 1.72 bits per heavy atom. The van der Waals surface area contributed by atoms with Gasteiger partial charge in [-0.05, 0) is 67.9 Å². The molecule has 1 aromatic heterocycles. The number of piperazine rings is 1. The number of nitrogens with zero attached hydrogens (tertiary/aromatic N) is 6. The molecule has 5 aliphatic rings. The molecule has 0 spiro atoms. The fraction of sp³-hybridized carbons (Fsp3) is 0.524. The quantitative estimate of drug-likeness (QED) is 0.196. The van der Waals surface area contributed by atoms with E-state index >= 15 is 0 Å². The minimum atomic E-state index is -0.644. The number of anilines is 4.